The van der Waals surface area contributed by atoms with Crippen molar-refractivity contribution in [2.24, 2.45) is 5.92 Å². The van der Waals surface area contributed by atoms with Gasteiger partial charge in [0.15, 0.2) is 0 Å². The van der Waals surface area contributed by atoms with E-state index in [1.54, 1.807) is 12.1 Å². The van der Waals surface area contributed by atoms with Gasteiger partial charge in [-0.2, -0.15) is 8.78 Å². The Bertz CT molecular complexity index is 400. The van der Waals surface area contributed by atoms with Crippen LogP contribution in [0.15, 0.2) is 24.3 Å². The molecule has 1 aliphatic rings. The van der Waals surface area contributed by atoms with Gasteiger partial charge in [0, 0.05) is 12.6 Å². The van der Waals surface area contributed by atoms with Crippen molar-refractivity contribution in [2.45, 2.75) is 64.6 Å². The van der Waals surface area contributed by atoms with Gasteiger partial charge in [-0.3, -0.25) is 0 Å². The minimum absolute atomic E-state index is 0.213. The molecule has 118 valence electrons. The predicted molar refractivity (Wildman–Crippen MR) is 80.6 cm³/mol. The third-order valence-corrected chi connectivity index (χ3v) is 4.38. The molecule has 1 atom stereocenters. The van der Waals surface area contributed by atoms with Crippen LogP contribution in [-0.2, 0) is 6.54 Å². The van der Waals surface area contributed by atoms with Crippen molar-refractivity contribution in [2.75, 3.05) is 0 Å². The zero-order valence-electron chi connectivity index (χ0n) is 12.7. The highest BCUT2D eigenvalue weighted by molar-refractivity contribution is 5.27. The second-order valence-electron chi connectivity index (χ2n) is 5.94. The summed E-state index contributed by atoms with van der Waals surface area (Å²) in [5, 5.41) is 3.57. The van der Waals surface area contributed by atoms with Gasteiger partial charge in [0.05, 0.1) is 0 Å². The molecule has 1 aromatic carbocycles. The quantitative estimate of drug-likeness (QED) is 0.766. The summed E-state index contributed by atoms with van der Waals surface area (Å²) < 4.78 is 28.5. The lowest BCUT2D eigenvalue weighted by Crippen LogP contribution is -2.32. The van der Waals surface area contributed by atoms with Gasteiger partial charge in [0.25, 0.3) is 0 Å². The highest BCUT2D eigenvalue weighted by Gasteiger charge is 2.18. The largest absolute Gasteiger partial charge is 0.435 e. The first kappa shape index (κ1) is 16.2. The molecule has 0 saturated heterocycles. The maximum Gasteiger partial charge on any atom is 0.387 e. The number of hydrogen-bond acceptors (Lipinski definition) is 2. The average molecular weight is 297 g/mol. The first-order valence-electron chi connectivity index (χ1n) is 7.92. The van der Waals surface area contributed by atoms with Gasteiger partial charge < -0.3 is 10.1 Å². The number of alkyl halides is 2. The van der Waals surface area contributed by atoms with Crippen molar-refractivity contribution in [3.63, 3.8) is 0 Å². The van der Waals surface area contributed by atoms with Gasteiger partial charge >= 0.3 is 6.61 Å². The fourth-order valence-electron chi connectivity index (χ4n) is 3.05. The summed E-state index contributed by atoms with van der Waals surface area (Å²) >= 11 is 0. The molecule has 0 bridgehead atoms. The maximum atomic E-state index is 12.1. The Morgan fingerprint density at radius 2 is 1.71 bits per heavy atom. The highest BCUT2D eigenvalue weighted by atomic mass is 19.3. The van der Waals surface area contributed by atoms with Crippen LogP contribution in [0, 0.1) is 5.92 Å². The van der Waals surface area contributed by atoms with Crippen LogP contribution in [0.3, 0.4) is 0 Å². The second-order valence-corrected chi connectivity index (χ2v) is 5.94. The van der Waals surface area contributed by atoms with Gasteiger partial charge in [0.2, 0.25) is 0 Å². The van der Waals surface area contributed by atoms with Crippen LogP contribution in [0.2, 0.25) is 0 Å². The van der Waals surface area contributed by atoms with E-state index in [0.29, 0.717) is 6.04 Å². The van der Waals surface area contributed by atoms with Crippen molar-refractivity contribution in [3.8, 4) is 5.75 Å². The Morgan fingerprint density at radius 3 is 2.29 bits per heavy atom. The van der Waals surface area contributed by atoms with Crippen molar-refractivity contribution in [1.82, 2.24) is 5.32 Å². The zero-order valence-corrected chi connectivity index (χ0v) is 12.7. The van der Waals surface area contributed by atoms with Gasteiger partial charge in [-0.25, -0.2) is 0 Å². The normalized spacial score (nSPS) is 18.5. The van der Waals surface area contributed by atoms with E-state index < -0.39 is 6.61 Å². The number of halogens is 2. The Labute approximate surface area is 125 Å². The minimum atomic E-state index is -2.76. The molecule has 1 N–H and O–H groups in total. The monoisotopic (exact) mass is 297 g/mol. The van der Waals surface area contributed by atoms with Gasteiger partial charge in [0.1, 0.15) is 5.75 Å². The van der Waals surface area contributed by atoms with E-state index in [1.807, 2.05) is 12.1 Å². The highest BCUT2D eigenvalue weighted by Crippen LogP contribution is 2.25. The number of hydrogen-bond donors (Lipinski definition) is 1. The summed E-state index contributed by atoms with van der Waals surface area (Å²) in [4.78, 5) is 0. The molecule has 0 amide bonds. The predicted octanol–water partition coefficient (Wildman–Crippen LogP) is 4.74. The molecule has 1 aliphatic carbocycles. The molecule has 2 rings (SSSR count). The maximum absolute atomic E-state index is 12.1. The van der Waals surface area contributed by atoms with Crippen LogP contribution >= 0.6 is 0 Å². The molecular formula is C17H25F2NO. The van der Waals surface area contributed by atoms with Gasteiger partial charge in [-0.05, 0) is 43.4 Å². The summed E-state index contributed by atoms with van der Waals surface area (Å²) in [7, 11) is 0. The summed E-state index contributed by atoms with van der Waals surface area (Å²) in [6, 6.07) is 7.37. The SMILES string of the molecule is C[C@@H](NCc1ccc(OC(F)F)cc1)C1CCCCCC1. The van der Waals surface area contributed by atoms with Crippen molar-refractivity contribution in [1.29, 1.82) is 0 Å². The van der Waals surface area contributed by atoms with Crippen LogP contribution in [-0.4, -0.2) is 12.7 Å². The minimum Gasteiger partial charge on any atom is -0.435 e. The second kappa shape index (κ2) is 8.32. The summed E-state index contributed by atoms with van der Waals surface area (Å²) in [6.45, 7) is 0.265. The summed E-state index contributed by atoms with van der Waals surface area (Å²) in [5.41, 5.74) is 1.09. The fraction of sp³-hybridized carbons (Fsp3) is 0.647. The molecule has 0 unspecified atom stereocenters. The van der Waals surface area contributed by atoms with Crippen LogP contribution < -0.4 is 10.1 Å². The van der Waals surface area contributed by atoms with Gasteiger partial charge in [-0.15, -0.1) is 0 Å². The van der Waals surface area contributed by atoms with Crippen molar-refractivity contribution < 1.29 is 13.5 Å². The molecule has 0 heterocycles. The molecule has 0 aliphatic heterocycles. The van der Waals surface area contributed by atoms with Crippen LogP contribution in [0.5, 0.6) is 5.75 Å². The fourth-order valence-corrected chi connectivity index (χ4v) is 3.05. The van der Waals surface area contributed by atoms with Crippen LogP contribution in [0.25, 0.3) is 0 Å². The number of nitrogens with one attached hydrogen (secondary N) is 1. The number of rotatable bonds is 6. The standard InChI is InChI=1S/C17H25F2NO/c1-13(15-6-4-2-3-5-7-15)20-12-14-8-10-16(11-9-14)21-17(18)19/h8-11,13,15,17,20H,2-7,12H2,1H3/t13-/m1/s1. The molecule has 0 radical (unpaired) electrons. The summed E-state index contributed by atoms with van der Waals surface area (Å²) in [5.74, 6) is 0.972. The van der Waals surface area contributed by atoms with E-state index in [4.69, 9.17) is 0 Å². The van der Waals surface area contributed by atoms with Crippen LogP contribution in [0.4, 0.5) is 8.78 Å². The topological polar surface area (TPSA) is 21.3 Å². The molecule has 1 aromatic rings. The Kier molecular flexibility index (Phi) is 6.43. The molecular weight excluding hydrogens is 272 g/mol. The third-order valence-electron chi connectivity index (χ3n) is 4.38. The molecule has 0 aromatic heterocycles. The van der Waals surface area contributed by atoms with E-state index in [-0.39, 0.29) is 5.75 Å². The first-order valence-corrected chi connectivity index (χ1v) is 7.92. The van der Waals surface area contributed by atoms with E-state index in [1.165, 1.54) is 38.5 Å². The Hall–Kier alpha value is -1.16. The van der Waals surface area contributed by atoms with E-state index in [9.17, 15) is 8.78 Å². The zero-order chi connectivity index (χ0) is 15.1. The number of ether oxygens (including phenoxy) is 1. The van der Waals surface area contributed by atoms with Crippen LogP contribution in [0.1, 0.15) is 51.0 Å². The van der Waals surface area contributed by atoms with E-state index in [2.05, 4.69) is 17.0 Å². The molecule has 2 nitrogen and oxygen atoms in total. The first-order chi connectivity index (χ1) is 10.1. The molecule has 0 spiro atoms. The Morgan fingerprint density at radius 1 is 1.10 bits per heavy atom. The third kappa shape index (κ3) is 5.62. The lowest BCUT2D eigenvalue weighted by molar-refractivity contribution is -0.0498. The summed E-state index contributed by atoms with van der Waals surface area (Å²) in [6.07, 6.45) is 8.06. The number of benzene rings is 1. The molecule has 1 fully saturated rings. The van der Waals surface area contributed by atoms with Crippen molar-refractivity contribution in [3.05, 3.63) is 29.8 Å². The lowest BCUT2D eigenvalue weighted by atomic mass is 9.93. The molecule has 4 heteroatoms. The van der Waals surface area contributed by atoms with E-state index in [0.717, 1.165) is 18.0 Å². The molecule has 1 saturated carbocycles. The van der Waals surface area contributed by atoms with E-state index >= 15 is 0 Å². The van der Waals surface area contributed by atoms with Crippen molar-refractivity contribution >= 4 is 0 Å². The lowest BCUT2D eigenvalue weighted by Gasteiger charge is -2.23. The average Bonchev–Trinajstić information content (AvgIpc) is 2.75. The molecule has 21 heavy (non-hydrogen) atoms. The smallest absolute Gasteiger partial charge is 0.387 e. The van der Waals surface area contributed by atoms with Gasteiger partial charge in [-0.1, -0.05) is 37.8 Å². The Balaban J connectivity index is 1.78.